The van der Waals surface area contributed by atoms with Gasteiger partial charge in [0.1, 0.15) is 0 Å². The number of likely N-dealkylation sites (N-methyl/N-ethyl adjacent to an activating group) is 1. The minimum absolute atomic E-state index is 0.203. The predicted molar refractivity (Wildman–Crippen MR) is 80.9 cm³/mol. The molecule has 1 amide bonds. The van der Waals surface area contributed by atoms with E-state index >= 15 is 0 Å². The molecule has 0 saturated heterocycles. The molecule has 0 radical (unpaired) electrons. The molecule has 1 unspecified atom stereocenters. The Morgan fingerprint density at radius 1 is 1.45 bits per heavy atom. The van der Waals surface area contributed by atoms with Gasteiger partial charge in [-0.3, -0.25) is 4.79 Å². The molecule has 2 aliphatic carbocycles. The number of rotatable bonds is 5. The first-order valence-corrected chi connectivity index (χ1v) is 8.39. The molecule has 1 aromatic heterocycles. The van der Waals surface area contributed by atoms with Crippen LogP contribution in [0.1, 0.15) is 47.3 Å². The number of aromatic nitrogens is 1. The largest absolute Gasteiger partial charge is 0.337 e. The van der Waals surface area contributed by atoms with E-state index in [0.717, 1.165) is 36.7 Å². The number of carbonyl (C=O) groups excluding carboxylic acids is 1. The molecular formula is C15H23N3OS. The van der Waals surface area contributed by atoms with Gasteiger partial charge in [0.25, 0.3) is 0 Å². The van der Waals surface area contributed by atoms with Crippen LogP contribution in [-0.2, 0) is 11.2 Å². The van der Waals surface area contributed by atoms with E-state index in [9.17, 15) is 4.79 Å². The number of fused-ring (bicyclic) bond motifs is 1. The van der Waals surface area contributed by atoms with E-state index in [4.69, 9.17) is 0 Å². The van der Waals surface area contributed by atoms with Gasteiger partial charge in [0, 0.05) is 7.05 Å². The van der Waals surface area contributed by atoms with Gasteiger partial charge < -0.3 is 10.2 Å². The smallest absolute Gasteiger partial charge is 0.236 e. The van der Waals surface area contributed by atoms with E-state index in [1.54, 1.807) is 11.3 Å². The average molecular weight is 293 g/mol. The van der Waals surface area contributed by atoms with Gasteiger partial charge in [-0.15, -0.1) is 11.3 Å². The van der Waals surface area contributed by atoms with Gasteiger partial charge in [-0.1, -0.05) is 0 Å². The Hall–Kier alpha value is -0.940. The second-order valence-corrected chi connectivity index (χ2v) is 7.27. The number of thiazole rings is 1. The van der Waals surface area contributed by atoms with Crippen molar-refractivity contribution in [3.05, 3.63) is 15.6 Å². The van der Waals surface area contributed by atoms with Crippen LogP contribution in [0.2, 0.25) is 0 Å². The molecular weight excluding hydrogens is 270 g/mol. The standard InChI is InChI=1S/C15H23N3OS/c1-10-17-12-4-3-5-13(15(12)20-10)18(2)14(19)9-16-8-11-6-7-11/h11,13,16H,3-9H2,1-2H3. The SMILES string of the molecule is Cc1nc2c(s1)C(N(C)C(=O)CNCC1CC1)CCC2. The summed E-state index contributed by atoms with van der Waals surface area (Å²) in [6.07, 6.45) is 5.91. The van der Waals surface area contributed by atoms with Crippen LogP contribution < -0.4 is 5.32 Å². The van der Waals surface area contributed by atoms with Crippen LogP contribution in [0, 0.1) is 12.8 Å². The Kier molecular flexibility index (Phi) is 4.08. The van der Waals surface area contributed by atoms with Crippen LogP contribution in [-0.4, -0.2) is 35.9 Å². The first kappa shape index (κ1) is 14.0. The molecule has 110 valence electrons. The van der Waals surface area contributed by atoms with Crippen LogP contribution in [0.25, 0.3) is 0 Å². The Balaban J connectivity index is 1.61. The summed E-state index contributed by atoms with van der Waals surface area (Å²) in [5, 5.41) is 4.41. The molecule has 0 spiro atoms. The third kappa shape index (κ3) is 3.04. The van der Waals surface area contributed by atoms with E-state index in [1.807, 2.05) is 11.9 Å². The molecule has 1 heterocycles. The van der Waals surface area contributed by atoms with Gasteiger partial charge in [0.15, 0.2) is 0 Å². The van der Waals surface area contributed by atoms with Crippen molar-refractivity contribution < 1.29 is 4.79 Å². The summed E-state index contributed by atoms with van der Waals surface area (Å²) in [6, 6.07) is 0.236. The topological polar surface area (TPSA) is 45.2 Å². The zero-order valence-corrected chi connectivity index (χ0v) is 13.1. The molecule has 0 aliphatic heterocycles. The lowest BCUT2D eigenvalue weighted by molar-refractivity contribution is -0.131. The zero-order valence-electron chi connectivity index (χ0n) is 12.3. The van der Waals surface area contributed by atoms with Crippen molar-refractivity contribution >= 4 is 17.2 Å². The minimum atomic E-state index is 0.203. The van der Waals surface area contributed by atoms with Crippen molar-refractivity contribution in [3.63, 3.8) is 0 Å². The van der Waals surface area contributed by atoms with Crippen molar-refractivity contribution in [2.24, 2.45) is 5.92 Å². The first-order chi connectivity index (χ1) is 9.65. The second kappa shape index (κ2) is 5.82. The summed E-state index contributed by atoms with van der Waals surface area (Å²) < 4.78 is 0. The Morgan fingerprint density at radius 3 is 3.00 bits per heavy atom. The van der Waals surface area contributed by atoms with Crippen LogP contribution >= 0.6 is 11.3 Å². The highest BCUT2D eigenvalue weighted by atomic mass is 32.1. The molecule has 2 aliphatic rings. The Bertz CT molecular complexity index is 495. The first-order valence-electron chi connectivity index (χ1n) is 7.57. The summed E-state index contributed by atoms with van der Waals surface area (Å²) >= 11 is 1.76. The summed E-state index contributed by atoms with van der Waals surface area (Å²) in [4.78, 5) is 20.1. The number of carbonyl (C=O) groups is 1. The summed E-state index contributed by atoms with van der Waals surface area (Å²) in [5.41, 5.74) is 1.22. The summed E-state index contributed by atoms with van der Waals surface area (Å²) in [7, 11) is 1.94. The Morgan fingerprint density at radius 2 is 2.25 bits per heavy atom. The highest BCUT2D eigenvalue weighted by Crippen LogP contribution is 2.37. The molecule has 1 N–H and O–H groups in total. The molecule has 3 rings (SSSR count). The highest BCUT2D eigenvalue weighted by Gasteiger charge is 2.29. The number of aryl methyl sites for hydroxylation is 2. The summed E-state index contributed by atoms with van der Waals surface area (Å²) in [5.74, 6) is 1.02. The van der Waals surface area contributed by atoms with Gasteiger partial charge in [-0.25, -0.2) is 4.98 Å². The number of amides is 1. The number of nitrogens with zero attached hydrogens (tertiary/aromatic N) is 2. The maximum atomic E-state index is 12.3. The fourth-order valence-electron chi connectivity index (χ4n) is 2.89. The van der Waals surface area contributed by atoms with E-state index in [1.165, 1.54) is 23.4 Å². The van der Waals surface area contributed by atoms with Gasteiger partial charge >= 0.3 is 0 Å². The molecule has 4 nitrogen and oxygen atoms in total. The minimum Gasteiger partial charge on any atom is -0.337 e. The van der Waals surface area contributed by atoms with E-state index in [0.29, 0.717) is 6.54 Å². The van der Waals surface area contributed by atoms with Crippen LogP contribution in [0.15, 0.2) is 0 Å². The number of nitrogens with one attached hydrogen (secondary N) is 1. The molecule has 1 aromatic rings. The van der Waals surface area contributed by atoms with Gasteiger partial charge in [0.05, 0.1) is 28.2 Å². The van der Waals surface area contributed by atoms with Crippen LogP contribution in [0.5, 0.6) is 0 Å². The predicted octanol–water partition coefficient (Wildman–Crippen LogP) is 2.29. The van der Waals surface area contributed by atoms with Gasteiger partial charge in [0.2, 0.25) is 5.91 Å². The average Bonchev–Trinajstić information content (AvgIpc) is 3.16. The molecule has 1 atom stereocenters. The monoisotopic (exact) mass is 293 g/mol. The third-order valence-electron chi connectivity index (χ3n) is 4.30. The van der Waals surface area contributed by atoms with Crippen LogP contribution in [0.4, 0.5) is 0 Å². The van der Waals surface area contributed by atoms with Crippen LogP contribution in [0.3, 0.4) is 0 Å². The van der Waals surface area contributed by atoms with Gasteiger partial charge in [-0.2, -0.15) is 0 Å². The number of hydrogen-bond donors (Lipinski definition) is 1. The lowest BCUT2D eigenvalue weighted by Gasteiger charge is -2.30. The van der Waals surface area contributed by atoms with Crippen molar-refractivity contribution in [3.8, 4) is 0 Å². The maximum absolute atomic E-state index is 12.3. The van der Waals surface area contributed by atoms with Crippen molar-refractivity contribution in [2.45, 2.75) is 45.1 Å². The molecule has 0 aromatic carbocycles. The molecule has 5 heteroatoms. The van der Waals surface area contributed by atoms with Crippen molar-refractivity contribution in [1.29, 1.82) is 0 Å². The van der Waals surface area contributed by atoms with Crippen molar-refractivity contribution in [2.75, 3.05) is 20.1 Å². The molecule has 1 fully saturated rings. The fraction of sp³-hybridized carbons (Fsp3) is 0.733. The lowest BCUT2D eigenvalue weighted by atomic mass is 9.97. The summed E-state index contributed by atoms with van der Waals surface area (Å²) in [6.45, 7) is 3.52. The normalized spacial score (nSPS) is 21.6. The van der Waals surface area contributed by atoms with Gasteiger partial charge in [-0.05, 0) is 51.5 Å². The lowest BCUT2D eigenvalue weighted by Crippen LogP contribution is -2.39. The maximum Gasteiger partial charge on any atom is 0.236 e. The quantitative estimate of drug-likeness (QED) is 0.906. The number of hydrogen-bond acceptors (Lipinski definition) is 4. The third-order valence-corrected chi connectivity index (χ3v) is 5.41. The zero-order chi connectivity index (χ0) is 14.1. The fourth-order valence-corrected chi connectivity index (χ4v) is 4.04. The molecule has 1 saturated carbocycles. The van der Waals surface area contributed by atoms with Crippen molar-refractivity contribution in [1.82, 2.24) is 15.2 Å². The Labute approximate surface area is 124 Å². The van der Waals surface area contributed by atoms with E-state index < -0.39 is 0 Å². The van der Waals surface area contributed by atoms with E-state index in [-0.39, 0.29) is 11.9 Å². The molecule has 20 heavy (non-hydrogen) atoms. The van der Waals surface area contributed by atoms with E-state index in [2.05, 4.69) is 17.2 Å². The highest BCUT2D eigenvalue weighted by molar-refractivity contribution is 7.11. The second-order valence-electron chi connectivity index (χ2n) is 6.03. The molecule has 0 bridgehead atoms.